The maximum Gasteiger partial charge on any atom is 0.358 e. The minimum atomic E-state index is -0.338. The lowest BCUT2D eigenvalue weighted by molar-refractivity contribution is 0.0518. The van der Waals surface area contributed by atoms with Crippen molar-refractivity contribution in [2.24, 2.45) is 5.92 Å². The zero-order valence-corrected chi connectivity index (χ0v) is 16.3. The molecule has 0 N–H and O–H groups in total. The molecule has 1 saturated carbocycles. The van der Waals surface area contributed by atoms with Gasteiger partial charge >= 0.3 is 5.97 Å². The number of rotatable bonds is 6. The van der Waals surface area contributed by atoms with Gasteiger partial charge in [-0.15, -0.1) is 0 Å². The molecule has 0 spiro atoms. The van der Waals surface area contributed by atoms with E-state index in [0.29, 0.717) is 12.3 Å². The van der Waals surface area contributed by atoms with Crippen molar-refractivity contribution in [1.29, 1.82) is 0 Å². The topological polar surface area (TPSA) is 44.1 Å². The van der Waals surface area contributed by atoms with Crippen LogP contribution in [-0.2, 0) is 11.3 Å². The smallest absolute Gasteiger partial charge is 0.358 e. The van der Waals surface area contributed by atoms with Gasteiger partial charge in [0.15, 0.2) is 5.69 Å². The minimum absolute atomic E-state index is 0.338. The summed E-state index contributed by atoms with van der Waals surface area (Å²) < 4.78 is 7.18. The molecule has 0 saturated heterocycles. The van der Waals surface area contributed by atoms with E-state index in [1.54, 1.807) is 0 Å². The molecule has 1 fully saturated rings. The lowest BCUT2D eigenvalue weighted by Crippen LogP contribution is -2.12. The Morgan fingerprint density at radius 1 is 1.19 bits per heavy atom. The third-order valence-corrected chi connectivity index (χ3v) is 5.41. The Hall–Kier alpha value is -2.10. The Labute approximate surface area is 156 Å². The second kappa shape index (κ2) is 8.52. The summed E-state index contributed by atoms with van der Waals surface area (Å²) in [5, 5.41) is 4.60. The van der Waals surface area contributed by atoms with Crippen LogP contribution in [0.15, 0.2) is 24.3 Å². The lowest BCUT2D eigenvalue weighted by atomic mass is 9.87. The number of nitrogens with zero attached hydrogens (tertiary/aromatic N) is 2. The summed E-state index contributed by atoms with van der Waals surface area (Å²) in [5.41, 5.74) is 4.99. The molecule has 4 heteroatoms. The highest BCUT2D eigenvalue weighted by Gasteiger charge is 2.19. The summed E-state index contributed by atoms with van der Waals surface area (Å²) in [7, 11) is 0. The molecule has 0 atom stereocenters. The van der Waals surface area contributed by atoms with E-state index in [-0.39, 0.29) is 5.97 Å². The van der Waals surface area contributed by atoms with Crippen LogP contribution in [0.1, 0.15) is 67.1 Å². The van der Waals surface area contributed by atoms with Crippen LogP contribution in [0.2, 0.25) is 0 Å². The largest absolute Gasteiger partial charge is 0.461 e. The summed E-state index contributed by atoms with van der Waals surface area (Å²) in [6.45, 7) is 7.25. The van der Waals surface area contributed by atoms with E-state index in [9.17, 15) is 4.79 Å². The van der Waals surface area contributed by atoms with Crippen molar-refractivity contribution < 1.29 is 9.53 Å². The highest BCUT2D eigenvalue weighted by Crippen LogP contribution is 2.29. The van der Waals surface area contributed by atoms with Gasteiger partial charge in [-0.3, -0.25) is 4.68 Å². The number of aromatic nitrogens is 2. The second-order valence-corrected chi connectivity index (χ2v) is 7.47. The zero-order chi connectivity index (χ0) is 18.5. The molecule has 0 aliphatic heterocycles. The molecule has 2 aromatic rings. The van der Waals surface area contributed by atoms with Gasteiger partial charge in [0.1, 0.15) is 0 Å². The van der Waals surface area contributed by atoms with Gasteiger partial charge in [0, 0.05) is 12.1 Å². The van der Waals surface area contributed by atoms with Crippen LogP contribution in [0, 0.1) is 19.8 Å². The molecular formula is C22H30N2O2. The zero-order valence-electron chi connectivity index (χ0n) is 16.3. The number of hydrogen-bond acceptors (Lipinski definition) is 3. The SMILES string of the molecule is CCOC(=O)c1cc(-c2cc(C)ccc2C)n(CCC2CCCCC2)n1. The molecule has 0 radical (unpaired) electrons. The molecule has 0 amide bonds. The summed E-state index contributed by atoms with van der Waals surface area (Å²) in [4.78, 5) is 12.2. The molecule has 0 bridgehead atoms. The van der Waals surface area contributed by atoms with Crippen molar-refractivity contribution in [2.45, 2.75) is 65.8 Å². The van der Waals surface area contributed by atoms with Crippen molar-refractivity contribution in [1.82, 2.24) is 9.78 Å². The van der Waals surface area contributed by atoms with E-state index in [0.717, 1.165) is 30.1 Å². The van der Waals surface area contributed by atoms with Gasteiger partial charge in [0.2, 0.25) is 0 Å². The standard InChI is InChI=1S/C22H30N2O2/c1-4-26-22(25)20-15-21(19-14-16(2)10-11-17(19)3)24(23-20)13-12-18-8-6-5-7-9-18/h10-11,14-15,18H,4-9,12-13H2,1-3H3. The van der Waals surface area contributed by atoms with Gasteiger partial charge in [-0.1, -0.05) is 49.8 Å². The average Bonchev–Trinajstić information content (AvgIpc) is 3.07. The Kier molecular flexibility index (Phi) is 6.12. The maximum absolute atomic E-state index is 12.2. The summed E-state index contributed by atoms with van der Waals surface area (Å²) >= 11 is 0. The third-order valence-electron chi connectivity index (χ3n) is 5.41. The van der Waals surface area contributed by atoms with Crippen LogP contribution < -0.4 is 0 Å². The van der Waals surface area contributed by atoms with Crippen molar-refractivity contribution in [3.8, 4) is 11.3 Å². The molecule has 140 valence electrons. The average molecular weight is 354 g/mol. The Morgan fingerprint density at radius 3 is 2.69 bits per heavy atom. The molecule has 4 nitrogen and oxygen atoms in total. The number of esters is 1. The molecule has 1 aliphatic rings. The number of ether oxygens (including phenoxy) is 1. The van der Waals surface area contributed by atoms with Gasteiger partial charge in [0.05, 0.1) is 12.3 Å². The molecule has 26 heavy (non-hydrogen) atoms. The third kappa shape index (κ3) is 4.35. The van der Waals surface area contributed by atoms with Gasteiger partial charge in [-0.25, -0.2) is 4.79 Å². The first-order chi connectivity index (χ1) is 12.6. The highest BCUT2D eigenvalue weighted by molar-refractivity contribution is 5.89. The number of aryl methyl sites for hydroxylation is 3. The Morgan fingerprint density at radius 2 is 1.96 bits per heavy atom. The van der Waals surface area contributed by atoms with E-state index in [1.807, 2.05) is 17.7 Å². The Balaban J connectivity index is 1.89. The van der Waals surface area contributed by atoms with E-state index >= 15 is 0 Å². The van der Waals surface area contributed by atoms with E-state index < -0.39 is 0 Å². The van der Waals surface area contributed by atoms with Crippen LogP contribution >= 0.6 is 0 Å². The van der Waals surface area contributed by atoms with Crippen LogP contribution in [-0.4, -0.2) is 22.4 Å². The molecule has 1 aliphatic carbocycles. The van der Waals surface area contributed by atoms with Crippen molar-refractivity contribution >= 4 is 5.97 Å². The molecule has 3 rings (SSSR count). The van der Waals surface area contributed by atoms with Crippen molar-refractivity contribution in [3.05, 3.63) is 41.1 Å². The summed E-state index contributed by atoms with van der Waals surface area (Å²) in [5.74, 6) is 0.445. The first kappa shape index (κ1) is 18.7. The lowest BCUT2D eigenvalue weighted by Gasteiger charge is -2.21. The molecule has 1 aromatic heterocycles. The quantitative estimate of drug-likeness (QED) is 0.660. The fraction of sp³-hybridized carbons (Fsp3) is 0.545. The maximum atomic E-state index is 12.2. The van der Waals surface area contributed by atoms with E-state index in [4.69, 9.17) is 4.74 Å². The fourth-order valence-electron chi connectivity index (χ4n) is 3.90. The predicted molar refractivity (Wildman–Crippen MR) is 104 cm³/mol. The summed E-state index contributed by atoms with van der Waals surface area (Å²) in [6, 6.07) is 8.32. The summed E-state index contributed by atoms with van der Waals surface area (Å²) in [6.07, 6.45) is 7.85. The van der Waals surface area contributed by atoms with Crippen molar-refractivity contribution in [2.75, 3.05) is 6.61 Å². The van der Waals surface area contributed by atoms with Crippen LogP contribution in [0.3, 0.4) is 0 Å². The van der Waals surface area contributed by atoms with Gasteiger partial charge in [-0.05, 0) is 50.8 Å². The number of carbonyl (C=O) groups excluding carboxylic acids is 1. The molecular weight excluding hydrogens is 324 g/mol. The fourth-order valence-corrected chi connectivity index (χ4v) is 3.90. The monoisotopic (exact) mass is 354 g/mol. The van der Waals surface area contributed by atoms with E-state index in [2.05, 4.69) is 37.1 Å². The molecule has 1 heterocycles. The normalized spacial score (nSPS) is 15.2. The minimum Gasteiger partial charge on any atom is -0.461 e. The highest BCUT2D eigenvalue weighted by atomic mass is 16.5. The first-order valence-electron chi connectivity index (χ1n) is 9.91. The molecule has 1 aromatic carbocycles. The number of benzene rings is 1. The number of hydrogen-bond donors (Lipinski definition) is 0. The van der Waals surface area contributed by atoms with Crippen LogP contribution in [0.5, 0.6) is 0 Å². The van der Waals surface area contributed by atoms with E-state index in [1.165, 1.54) is 43.2 Å². The number of carbonyl (C=O) groups is 1. The Bertz CT molecular complexity index is 757. The second-order valence-electron chi connectivity index (χ2n) is 7.47. The van der Waals surface area contributed by atoms with Crippen molar-refractivity contribution in [3.63, 3.8) is 0 Å². The predicted octanol–water partition coefficient (Wildman–Crippen LogP) is 5.31. The van der Waals surface area contributed by atoms with Crippen LogP contribution in [0.4, 0.5) is 0 Å². The van der Waals surface area contributed by atoms with Gasteiger partial charge < -0.3 is 4.74 Å². The molecule has 0 unspecified atom stereocenters. The van der Waals surface area contributed by atoms with Gasteiger partial charge in [-0.2, -0.15) is 5.10 Å². The first-order valence-corrected chi connectivity index (χ1v) is 9.91. The van der Waals surface area contributed by atoms with Crippen LogP contribution in [0.25, 0.3) is 11.3 Å². The van der Waals surface area contributed by atoms with Gasteiger partial charge in [0.25, 0.3) is 0 Å².